The number of alkyl halides is 3. The first kappa shape index (κ1) is 21.1. The maximum Gasteiger partial charge on any atom is 0.416 e. The first-order chi connectivity index (χ1) is 14.3. The van der Waals surface area contributed by atoms with Crippen LogP contribution in [0.1, 0.15) is 24.0 Å². The van der Waals surface area contributed by atoms with Crippen LogP contribution >= 0.6 is 0 Å². The number of halogens is 3. The average Bonchev–Trinajstić information content (AvgIpc) is 3.13. The van der Waals surface area contributed by atoms with Crippen LogP contribution in [0.15, 0.2) is 42.5 Å². The van der Waals surface area contributed by atoms with E-state index >= 15 is 0 Å². The van der Waals surface area contributed by atoms with E-state index < -0.39 is 23.6 Å². The number of benzene rings is 1. The van der Waals surface area contributed by atoms with E-state index in [2.05, 4.69) is 20.8 Å². The normalized spacial score (nSPS) is 11.3. The van der Waals surface area contributed by atoms with Gasteiger partial charge in [0.15, 0.2) is 5.65 Å². The van der Waals surface area contributed by atoms with Crippen LogP contribution in [0.3, 0.4) is 0 Å². The number of amides is 2. The van der Waals surface area contributed by atoms with Crippen molar-refractivity contribution in [2.24, 2.45) is 0 Å². The molecule has 0 saturated carbocycles. The summed E-state index contributed by atoms with van der Waals surface area (Å²) in [5.41, 5.74) is 0.244. The second-order valence-electron chi connectivity index (χ2n) is 6.30. The third kappa shape index (κ3) is 5.04. The fourth-order valence-electron chi connectivity index (χ4n) is 2.67. The predicted molar refractivity (Wildman–Crippen MR) is 101 cm³/mol. The maximum atomic E-state index is 12.5. The van der Waals surface area contributed by atoms with Crippen LogP contribution in [-0.4, -0.2) is 33.5 Å². The molecule has 0 atom stereocenters. The lowest BCUT2D eigenvalue weighted by molar-refractivity contribution is -0.137. The molecule has 2 aromatic heterocycles. The molecule has 0 aliphatic heterocycles. The van der Waals surface area contributed by atoms with Crippen molar-refractivity contribution in [2.75, 3.05) is 12.4 Å². The molecule has 30 heavy (non-hydrogen) atoms. The Morgan fingerprint density at radius 1 is 1.03 bits per heavy atom. The zero-order valence-electron chi connectivity index (χ0n) is 15.9. The number of hydrogen-bond acceptors (Lipinski definition) is 5. The summed E-state index contributed by atoms with van der Waals surface area (Å²) >= 11 is 0. The summed E-state index contributed by atoms with van der Waals surface area (Å²) < 4.78 is 44.4. The van der Waals surface area contributed by atoms with Gasteiger partial charge < -0.3 is 10.1 Å². The van der Waals surface area contributed by atoms with E-state index in [1.165, 1.54) is 23.6 Å². The molecule has 3 rings (SSSR count). The number of aromatic nitrogens is 3. The van der Waals surface area contributed by atoms with E-state index in [0.717, 1.165) is 12.1 Å². The summed E-state index contributed by atoms with van der Waals surface area (Å²) in [6.07, 6.45) is -4.61. The van der Waals surface area contributed by atoms with E-state index in [1.807, 2.05) is 0 Å². The number of carbonyl (C=O) groups is 2. The highest BCUT2D eigenvalue weighted by atomic mass is 19.4. The molecule has 0 spiro atoms. The van der Waals surface area contributed by atoms with Gasteiger partial charge in [-0.3, -0.25) is 14.9 Å². The van der Waals surface area contributed by atoms with Crippen LogP contribution in [0.25, 0.3) is 5.65 Å². The Labute approximate surface area is 169 Å². The van der Waals surface area contributed by atoms with E-state index in [0.29, 0.717) is 17.1 Å². The van der Waals surface area contributed by atoms with Gasteiger partial charge in [0.1, 0.15) is 0 Å². The Balaban J connectivity index is 1.49. The smallest absolute Gasteiger partial charge is 0.416 e. The molecule has 2 heterocycles. The van der Waals surface area contributed by atoms with E-state index in [9.17, 15) is 22.8 Å². The summed E-state index contributed by atoms with van der Waals surface area (Å²) in [5, 5.41) is 13.0. The predicted octanol–water partition coefficient (Wildman–Crippen LogP) is 2.79. The number of fused-ring (bicyclic) bond motifs is 1. The molecule has 11 heteroatoms. The molecule has 0 fully saturated rings. The number of rotatable bonds is 7. The van der Waals surface area contributed by atoms with Crippen molar-refractivity contribution in [3.63, 3.8) is 0 Å². The van der Waals surface area contributed by atoms with Gasteiger partial charge in [-0.25, -0.2) is 4.40 Å². The van der Waals surface area contributed by atoms with Gasteiger partial charge in [-0.2, -0.15) is 13.2 Å². The van der Waals surface area contributed by atoms with E-state index in [1.54, 1.807) is 18.2 Å². The maximum absolute atomic E-state index is 12.5. The Bertz CT molecular complexity index is 1050. The molecule has 3 aromatic rings. The number of methoxy groups -OCH3 is 1. The molecule has 2 amide bonds. The Morgan fingerprint density at radius 2 is 1.73 bits per heavy atom. The molecule has 0 radical (unpaired) electrons. The summed E-state index contributed by atoms with van der Waals surface area (Å²) in [4.78, 5) is 24.1. The number of hydrogen-bond donors (Lipinski definition) is 2. The fourth-order valence-corrected chi connectivity index (χ4v) is 2.67. The lowest BCUT2D eigenvalue weighted by Gasteiger charge is -2.09. The molecular weight excluding hydrogens is 403 g/mol. The van der Waals surface area contributed by atoms with Gasteiger partial charge >= 0.3 is 6.18 Å². The molecule has 8 nitrogen and oxygen atoms in total. The van der Waals surface area contributed by atoms with Gasteiger partial charge in [0, 0.05) is 19.4 Å². The lowest BCUT2D eigenvalue weighted by Crippen LogP contribution is -2.24. The molecule has 2 N–H and O–H groups in total. The van der Waals surface area contributed by atoms with Gasteiger partial charge in [-0.1, -0.05) is 18.2 Å². The molecule has 1 aromatic carbocycles. The summed E-state index contributed by atoms with van der Waals surface area (Å²) in [6.45, 7) is 0.0601. The molecule has 0 bridgehead atoms. The van der Waals surface area contributed by atoms with Crippen LogP contribution < -0.4 is 15.4 Å². The van der Waals surface area contributed by atoms with Crippen molar-refractivity contribution in [1.82, 2.24) is 19.9 Å². The number of nitrogens with one attached hydrogen (secondary N) is 2. The second-order valence-corrected chi connectivity index (χ2v) is 6.30. The quantitative estimate of drug-likeness (QED) is 0.612. The van der Waals surface area contributed by atoms with Gasteiger partial charge in [0.05, 0.1) is 12.7 Å². The Morgan fingerprint density at radius 3 is 2.40 bits per heavy atom. The molecule has 0 aliphatic carbocycles. The highest BCUT2D eigenvalue weighted by Crippen LogP contribution is 2.29. The third-order valence-electron chi connectivity index (χ3n) is 4.20. The Kier molecular flexibility index (Phi) is 6.19. The van der Waals surface area contributed by atoms with Gasteiger partial charge in [-0.15, -0.1) is 10.2 Å². The standard InChI is InChI=1S/C19H18F3N5O3/c1-30-17-4-2-3-14-25-26-18(27(14)17)24-16(29)10-9-15(28)23-11-12-5-7-13(8-6-12)19(20,21)22/h2-8H,9-11H2,1H3,(H,23,28)(H,24,26,29). The zero-order valence-corrected chi connectivity index (χ0v) is 15.9. The third-order valence-corrected chi connectivity index (χ3v) is 4.20. The minimum atomic E-state index is -4.41. The topological polar surface area (TPSA) is 97.6 Å². The number of anilines is 1. The largest absolute Gasteiger partial charge is 0.482 e. The van der Waals surface area contributed by atoms with Crippen LogP contribution in [-0.2, 0) is 22.3 Å². The van der Waals surface area contributed by atoms with Gasteiger partial charge in [-0.05, 0) is 29.8 Å². The number of pyridine rings is 1. The zero-order chi connectivity index (χ0) is 21.7. The molecule has 0 aliphatic rings. The van der Waals surface area contributed by atoms with Crippen LogP contribution in [0, 0.1) is 0 Å². The van der Waals surface area contributed by atoms with Crippen molar-refractivity contribution < 1.29 is 27.5 Å². The van der Waals surface area contributed by atoms with Crippen LogP contribution in [0.5, 0.6) is 5.88 Å². The SMILES string of the molecule is COc1cccc2nnc(NC(=O)CCC(=O)NCc3ccc(C(F)(F)F)cc3)n12. The van der Waals surface area contributed by atoms with Crippen molar-refractivity contribution in [2.45, 2.75) is 25.6 Å². The summed E-state index contributed by atoms with van der Waals surface area (Å²) in [7, 11) is 1.47. The molecule has 0 saturated heterocycles. The van der Waals surface area contributed by atoms with Crippen LogP contribution in [0.4, 0.5) is 19.1 Å². The van der Waals surface area contributed by atoms with E-state index in [4.69, 9.17) is 4.74 Å². The Hall–Kier alpha value is -3.63. The monoisotopic (exact) mass is 421 g/mol. The van der Waals surface area contributed by atoms with Crippen molar-refractivity contribution in [1.29, 1.82) is 0 Å². The first-order valence-corrected chi connectivity index (χ1v) is 8.89. The highest BCUT2D eigenvalue weighted by Gasteiger charge is 2.29. The minimum Gasteiger partial charge on any atom is -0.482 e. The van der Waals surface area contributed by atoms with Crippen molar-refractivity contribution in [3.8, 4) is 5.88 Å². The molecular formula is C19H18F3N5O3. The van der Waals surface area contributed by atoms with Crippen LogP contribution in [0.2, 0.25) is 0 Å². The summed E-state index contributed by atoms with van der Waals surface area (Å²) in [6, 6.07) is 9.59. The fraction of sp³-hybridized carbons (Fsp3) is 0.263. The van der Waals surface area contributed by atoms with Gasteiger partial charge in [0.2, 0.25) is 23.6 Å². The number of nitrogens with zero attached hydrogens (tertiary/aromatic N) is 3. The summed E-state index contributed by atoms with van der Waals surface area (Å²) in [5.74, 6) is -0.256. The minimum absolute atomic E-state index is 0.0601. The van der Waals surface area contributed by atoms with Gasteiger partial charge in [0.25, 0.3) is 0 Å². The number of carbonyl (C=O) groups excluding carboxylic acids is 2. The average molecular weight is 421 g/mol. The number of ether oxygens (including phenoxy) is 1. The molecule has 0 unspecified atom stereocenters. The highest BCUT2D eigenvalue weighted by molar-refractivity contribution is 5.92. The first-order valence-electron chi connectivity index (χ1n) is 8.89. The van der Waals surface area contributed by atoms with E-state index in [-0.39, 0.29) is 25.3 Å². The lowest BCUT2D eigenvalue weighted by atomic mass is 10.1. The molecule has 158 valence electrons. The van der Waals surface area contributed by atoms with Crippen molar-refractivity contribution >= 4 is 23.4 Å². The van der Waals surface area contributed by atoms with Crippen molar-refractivity contribution in [3.05, 3.63) is 53.6 Å². The second kappa shape index (κ2) is 8.80.